The fraction of sp³-hybridized carbons (Fsp3) is 0.696. The molecule has 1 heterocycles. The van der Waals surface area contributed by atoms with Crippen LogP contribution in [0.1, 0.15) is 74.7 Å². The Morgan fingerprint density at radius 2 is 1.58 bits per heavy atom. The Hall–Kier alpha value is -0.860. The molecule has 1 aromatic carbocycles. The van der Waals surface area contributed by atoms with Crippen molar-refractivity contribution in [3.05, 3.63) is 35.4 Å². The van der Waals surface area contributed by atoms with Gasteiger partial charge in [0.2, 0.25) is 16.8 Å². The molecule has 0 spiro atoms. The summed E-state index contributed by atoms with van der Waals surface area (Å²) in [6.07, 6.45) is 6.23. The molecule has 0 amide bonds. The minimum absolute atomic E-state index is 0.0800. The van der Waals surface area contributed by atoms with Crippen LogP contribution >= 0.6 is 0 Å². The highest BCUT2D eigenvalue weighted by Gasteiger charge is 2.50. The number of alkyl halides is 3. The third-order valence-electron chi connectivity index (χ3n) is 6.27. The first kappa shape index (κ1) is 24.8. The first-order valence-corrected chi connectivity index (χ1v) is 13.8. The molecule has 3 rings (SSSR count). The second-order valence-electron chi connectivity index (χ2n) is 9.64. The van der Waals surface area contributed by atoms with E-state index in [1.165, 1.54) is 37.7 Å². The average molecular weight is 477 g/mol. The van der Waals surface area contributed by atoms with Crippen molar-refractivity contribution in [2.45, 2.75) is 69.6 Å². The highest BCUT2D eigenvalue weighted by Crippen LogP contribution is 2.35. The van der Waals surface area contributed by atoms with E-state index < -0.39 is 16.5 Å². The van der Waals surface area contributed by atoms with Crippen molar-refractivity contribution in [2.24, 2.45) is 5.41 Å². The highest BCUT2D eigenvalue weighted by molar-refractivity contribution is 7.98. The number of carbonyl (C=O) groups is 1. The van der Waals surface area contributed by atoms with E-state index in [1.807, 2.05) is 32.9 Å². The van der Waals surface area contributed by atoms with Crippen molar-refractivity contribution in [1.29, 1.82) is 0 Å². The van der Waals surface area contributed by atoms with E-state index in [0.717, 1.165) is 4.31 Å². The van der Waals surface area contributed by atoms with Gasteiger partial charge < -0.3 is 0 Å². The molecule has 2 atom stereocenters. The van der Waals surface area contributed by atoms with Crippen molar-refractivity contribution >= 4 is 27.7 Å². The van der Waals surface area contributed by atoms with Gasteiger partial charge in [-0.25, -0.2) is 8.51 Å². The summed E-state index contributed by atoms with van der Waals surface area (Å²) in [6, 6.07) is 8.04. The Morgan fingerprint density at radius 3 is 2.06 bits per heavy atom. The van der Waals surface area contributed by atoms with Crippen LogP contribution in [0, 0.1) is 5.41 Å². The molecule has 1 aromatic rings. The van der Waals surface area contributed by atoms with E-state index in [4.69, 9.17) is 0 Å². The lowest BCUT2D eigenvalue weighted by Crippen LogP contribution is -2.52. The second kappa shape index (κ2) is 9.96. The topological polar surface area (TPSA) is 37.4 Å². The summed E-state index contributed by atoms with van der Waals surface area (Å²) in [5.74, 6) is 1.60. The van der Waals surface area contributed by atoms with Crippen LogP contribution in [0.4, 0.5) is 13.2 Å². The lowest BCUT2D eigenvalue weighted by atomic mass is 9.83. The highest BCUT2D eigenvalue weighted by atomic mass is 32.2. The quantitative estimate of drug-likeness (QED) is 0.419. The van der Waals surface area contributed by atoms with Crippen LogP contribution < -0.4 is 0 Å². The van der Waals surface area contributed by atoms with Gasteiger partial charge in [-0.05, 0) is 24.3 Å². The summed E-state index contributed by atoms with van der Waals surface area (Å²) in [6.45, 7) is 6.29. The molecule has 1 saturated heterocycles. The first-order valence-electron chi connectivity index (χ1n) is 11.0. The average Bonchev–Trinajstić information content (AvgIpc) is 2.73. The Bertz CT molecular complexity index is 775. The van der Waals surface area contributed by atoms with Crippen molar-refractivity contribution < 1.29 is 22.2 Å². The number of hydrogen-bond acceptors (Lipinski definition) is 2. The third kappa shape index (κ3) is 6.14. The number of Topliss-reactive ketones (excluding diaryl/α,β-unsaturated/α-hetero) is 1. The fourth-order valence-corrected chi connectivity index (χ4v) is 8.81. The molecular weight excluding hydrogens is 443 g/mol. The molecule has 3 nitrogen and oxygen atoms in total. The summed E-state index contributed by atoms with van der Waals surface area (Å²) in [7, 11) is -3.32. The maximum Gasteiger partial charge on any atom is 0.485 e. The molecular formula is C23H33F3NO2S2+. The van der Waals surface area contributed by atoms with Crippen LogP contribution in [0.5, 0.6) is 0 Å². The lowest BCUT2D eigenvalue weighted by Gasteiger charge is -2.34. The van der Waals surface area contributed by atoms with Crippen LogP contribution in [0.15, 0.2) is 24.3 Å². The van der Waals surface area contributed by atoms with Crippen molar-refractivity contribution in [2.75, 3.05) is 24.6 Å². The number of nitrogens with zero attached hydrogens (tertiary/aromatic N) is 1. The summed E-state index contributed by atoms with van der Waals surface area (Å²) in [5.41, 5.74) is -3.04. The Balaban J connectivity index is 1.71. The van der Waals surface area contributed by atoms with Crippen LogP contribution in [0.25, 0.3) is 0 Å². The number of benzene rings is 1. The Kier molecular flexibility index (Phi) is 7.96. The maximum absolute atomic E-state index is 13.5. The first-order chi connectivity index (χ1) is 14.5. The molecule has 2 unspecified atom stereocenters. The summed E-state index contributed by atoms with van der Waals surface area (Å²) in [5, 5.41) is -0.255. The predicted octanol–water partition coefficient (Wildman–Crippen LogP) is 5.45. The minimum Gasteiger partial charge on any atom is -0.288 e. The van der Waals surface area contributed by atoms with Gasteiger partial charge in [0.05, 0.1) is 13.1 Å². The zero-order valence-electron chi connectivity index (χ0n) is 18.5. The van der Waals surface area contributed by atoms with E-state index >= 15 is 0 Å². The third-order valence-corrected chi connectivity index (χ3v) is 10.5. The molecule has 1 aliphatic carbocycles. The number of carbonyl (C=O) groups excluding carboxylic acids is 1. The van der Waals surface area contributed by atoms with Gasteiger partial charge in [-0.15, -0.1) is 0 Å². The van der Waals surface area contributed by atoms with Gasteiger partial charge >= 0.3 is 5.51 Å². The normalized spacial score (nSPS) is 22.3. The zero-order chi connectivity index (χ0) is 22.8. The molecule has 0 N–H and O–H groups in total. The van der Waals surface area contributed by atoms with E-state index in [2.05, 4.69) is 12.1 Å². The SMILES string of the molecule is CC(C)(C)C(C(=O)c1ccc(C2CCCCC2)cc1)[S+]1CCN(S(=O)C(F)(F)F)CC1. The standard InChI is InChI=1S/C23H33F3NO2S2/c1-22(2,3)21(30-15-13-27(14-16-30)31(29)23(24,25)26)20(28)19-11-9-18(10-12-19)17-7-5-4-6-8-17/h9-12,17,21H,4-8,13-16H2,1-3H3/q+1. The molecule has 174 valence electrons. The van der Waals surface area contributed by atoms with E-state index in [-0.39, 0.29) is 40.4 Å². The summed E-state index contributed by atoms with van der Waals surface area (Å²) >= 11 is 0. The second-order valence-corrected chi connectivity index (χ2v) is 13.5. The largest absolute Gasteiger partial charge is 0.485 e. The fourth-order valence-electron chi connectivity index (χ4n) is 4.75. The zero-order valence-corrected chi connectivity index (χ0v) is 20.2. The summed E-state index contributed by atoms with van der Waals surface area (Å²) < 4.78 is 51.1. The maximum atomic E-state index is 13.5. The van der Waals surface area contributed by atoms with Gasteiger partial charge in [0.25, 0.3) is 0 Å². The molecule has 2 aliphatic rings. The van der Waals surface area contributed by atoms with Crippen LogP contribution in [-0.4, -0.2) is 49.7 Å². The van der Waals surface area contributed by atoms with Crippen molar-refractivity contribution in [3.8, 4) is 0 Å². The smallest absolute Gasteiger partial charge is 0.288 e. The monoisotopic (exact) mass is 476 g/mol. The summed E-state index contributed by atoms with van der Waals surface area (Å²) in [4.78, 5) is 13.5. The van der Waals surface area contributed by atoms with Gasteiger partial charge in [-0.2, -0.15) is 13.2 Å². The van der Waals surface area contributed by atoms with Crippen LogP contribution in [-0.2, 0) is 21.9 Å². The van der Waals surface area contributed by atoms with Crippen molar-refractivity contribution in [3.63, 3.8) is 0 Å². The predicted molar refractivity (Wildman–Crippen MR) is 123 cm³/mol. The molecule has 0 radical (unpaired) electrons. The number of ketones is 1. The molecule has 2 fully saturated rings. The van der Waals surface area contributed by atoms with Crippen molar-refractivity contribution in [1.82, 2.24) is 4.31 Å². The Labute approximate surface area is 189 Å². The number of halogens is 3. The molecule has 0 bridgehead atoms. The lowest BCUT2D eigenvalue weighted by molar-refractivity contribution is -0.0427. The molecule has 1 aliphatic heterocycles. The molecule has 1 saturated carbocycles. The van der Waals surface area contributed by atoms with Gasteiger partial charge in [0, 0.05) is 21.9 Å². The number of rotatable bonds is 5. The van der Waals surface area contributed by atoms with Gasteiger partial charge in [-0.3, -0.25) is 4.79 Å². The Morgan fingerprint density at radius 1 is 1.03 bits per heavy atom. The van der Waals surface area contributed by atoms with Gasteiger partial charge in [0.1, 0.15) is 11.5 Å². The van der Waals surface area contributed by atoms with Gasteiger partial charge in [-0.1, -0.05) is 64.3 Å². The van der Waals surface area contributed by atoms with Crippen LogP contribution in [0.3, 0.4) is 0 Å². The van der Waals surface area contributed by atoms with E-state index in [9.17, 15) is 22.2 Å². The molecule has 0 aromatic heterocycles. The van der Waals surface area contributed by atoms with Gasteiger partial charge in [0.15, 0.2) is 5.25 Å². The number of hydrogen-bond donors (Lipinski definition) is 0. The van der Waals surface area contributed by atoms with E-state index in [0.29, 0.717) is 23.0 Å². The van der Waals surface area contributed by atoms with Crippen LogP contribution in [0.2, 0.25) is 0 Å². The molecule has 8 heteroatoms. The minimum atomic E-state index is -4.73. The van der Waals surface area contributed by atoms with E-state index in [1.54, 1.807) is 0 Å². The molecule has 31 heavy (non-hydrogen) atoms.